The average Bonchev–Trinajstić information content (AvgIpc) is 2.01. The van der Waals surface area contributed by atoms with Gasteiger partial charge in [-0.05, 0) is 26.7 Å². The summed E-state index contributed by atoms with van der Waals surface area (Å²) in [6.07, 6.45) is 2.12. The highest BCUT2D eigenvalue weighted by atomic mass is 16.2. The van der Waals surface area contributed by atoms with E-state index in [1.165, 1.54) is 0 Å². The number of amides is 1. The van der Waals surface area contributed by atoms with E-state index in [1.54, 1.807) is 0 Å². The van der Waals surface area contributed by atoms with E-state index < -0.39 is 0 Å². The van der Waals surface area contributed by atoms with Crippen LogP contribution in [0.2, 0.25) is 0 Å². The third-order valence-corrected chi connectivity index (χ3v) is 2.11. The van der Waals surface area contributed by atoms with Gasteiger partial charge in [0.1, 0.15) is 0 Å². The normalized spacial score (nSPS) is 26.8. The zero-order chi connectivity index (χ0) is 9.78. The van der Waals surface area contributed by atoms with Crippen LogP contribution in [0.1, 0.15) is 48.9 Å². The molecular formula is C10H23NO. The summed E-state index contributed by atoms with van der Waals surface area (Å²) in [6, 6.07) is 0. The summed E-state index contributed by atoms with van der Waals surface area (Å²) >= 11 is 0. The zero-order valence-corrected chi connectivity index (χ0v) is 8.90. The maximum absolute atomic E-state index is 11.1. The van der Waals surface area contributed by atoms with Crippen molar-refractivity contribution >= 4 is 5.91 Å². The Bertz CT molecular complexity index is 157. The van der Waals surface area contributed by atoms with Gasteiger partial charge in [0, 0.05) is 12.9 Å². The second kappa shape index (κ2) is 4.48. The SMILES string of the molecule is CC.CC1CCC(C)(C)NC1=O.[HH]. The van der Waals surface area contributed by atoms with Crippen molar-refractivity contribution in [3.8, 4) is 0 Å². The number of rotatable bonds is 0. The smallest absolute Gasteiger partial charge is 0.223 e. The fraction of sp³-hybridized carbons (Fsp3) is 0.900. The van der Waals surface area contributed by atoms with Crippen molar-refractivity contribution in [1.29, 1.82) is 0 Å². The number of hydrogen-bond donors (Lipinski definition) is 1. The van der Waals surface area contributed by atoms with Crippen molar-refractivity contribution in [3.05, 3.63) is 0 Å². The topological polar surface area (TPSA) is 29.1 Å². The molecule has 1 N–H and O–H groups in total. The molecular weight excluding hydrogens is 150 g/mol. The van der Waals surface area contributed by atoms with Crippen molar-refractivity contribution in [1.82, 2.24) is 5.32 Å². The van der Waals surface area contributed by atoms with Gasteiger partial charge in [0.15, 0.2) is 0 Å². The summed E-state index contributed by atoms with van der Waals surface area (Å²) in [5.74, 6) is 0.421. The summed E-state index contributed by atoms with van der Waals surface area (Å²) < 4.78 is 0. The number of piperidine rings is 1. The summed E-state index contributed by atoms with van der Waals surface area (Å²) in [4.78, 5) is 11.1. The number of nitrogens with one attached hydrogen (secondary N) is 1. The molecule has 74 valence electrons. The molecule has 12 heavy (non-hydrogen) atoms. The molecule has 0 aromatic rings. The van der Waals surface area contributed by atoms with Gasteiger partial charge in [-0.25, -0.2) is 0 Å². The standard InChI is InChI=1S/C8H15NO.C2H6.H2/c1-6-4-5-8(2,3)9-7(6)10;1-2;/h6H,4-5H2,1-3H3,(H,9,10);1-2H3;1H. The molecule has 1 saturated heterocycles. The van der Waals surface area contributed by atoms with E-state index in [4.69, 9.17) is 0 Å². The van der Waals surface area contributed by atoms with E-state index in [0.29, 0.717) is 0 Å². The van der Waals surface area contributed by atoms with Gasteiger partial charge in [-0.15, -0.1) is 0 Å². The molecule has 1 heterocycles. The van der Waals surface area contributed by atoms with Crippen LogP contribution in [0.4, 0.5) is 0 Å². The minimum atomic E-state index is 0. The first-order valence-electron chi connectivity index (χ1n) is 4.83. The third kappa shape index (κ3) is 3.24. The lowest BCUT2D eigenvalue weighted by Gasteiger charge is -2.33. The van der Waals surface area contributed by atoms with Gasteiger partial charge >= 0.3 is 0 Å². The molecule has 0 spiro atoms. The number of carbonyl (C=O) groups is 1. The Morgan fingerprint density at radius 2 is 2.00 bits per heavy atom. The van der Waals surface area contributed by atoms with E-state index >= 15 is 0 Å². The maximum Gasteiger partial charge on any atom is 0.223 e. The second-order valence-electron chi connectivity index (χ2n) is 3.81. The van der Waals surface area contributed by atoms with E-state index in [1.807, 2.05) is 20.8 Å². The fourth-order valence-corrected chi connectivity index (χ4v) is 1.23. The summed E-state index contributed by atoms with van der Waals surface area (Å²) in [5.41, 5.74) is 0.0313. The van der Waals surface area contributed by atoms with Crippen LogP contribution >= 0.6 is 0 Å². The van der Waals surface area contributed by atoms with Gasteiger partial charge in [-0.3, -0.25) is 4.79 Å². The molecule has 0 aromatic carbocycles. The molecule has 0 aromatic heterocycles. The molecule has 1 amide bonds. The number of hydrogen-bond acceptors (Lipinski definition) is 1. The summed E-state index contributed by atoms with van der Waals surface area (Å²) in [6.45, 7) is 10.1. The molecule has 0 radical (unpaired) electrons. The Kier molecular flexibility index (Phi) is 4.29. The van der Waals surface area contributed by atoms with Gasteiger partial charge in [0.05, 0.1) is 0 Å². The lowest BCUT2D eigenvalue weighted by atomic mass is 9.87. The van der Waals surface area contributed by atoms with E-state index in [2.05, 4.69) is 19.2 Å². The van der Waals surface area contributed by atoms with Crippen molar-refractivity contribution in [2.24, 2.45) is 5.92 Å². The van der Waals surface area contributed by atoms with E-state index in [0.717, 1.165) is 12.8 Å². The van der Waals surface area contributed by atoms with Crippen LogP contribution in [-0.4, -0.2) is 11.4 Å². The van der Waals surface area contributed by atoms with Gasteiger partial charge in [0.25, 0.3) is 0 Å². The van der Waals surface area contributed by atoms with Crippen LogP contribution in [0.3, 0.4) is 0 Å². The molecule has 0 bridgehead atoms. The van der Waals surface area contributed by atoms with E-state index in [9.17, 15) is 4.79 Å². The zero-order valence-electron chi connectivity index (χ0n) is 8.90. The first-order chi connectivity index (χ1) is 5.51. The highest BCUT2D eigenvalue weighted by Crippen LogP contribution is 2.21. The lowest BCUT2D eigenvalue weighted by molar-refractivity contribution is -0.128. The molecule has 0 saturated carbocycles. The van der Waals surface area contributed by atoms with Gasteiger partial charge in [-0.2, -0.15) is 0 Å². The minimum absolute atomic E-state index is 0. The Labute approximate surface area is 77.2 Å². The van der Waals surface area contributed by atoms with Gasteiger partial charge < -0.3 is 5.32 Å². The second-order valence-corrected chi connectivity index (χ2v) is 3.81. The lowest BCUT2D eigenvalue weighted by Crippen LogP contribution is -2.49. The molecule has 1 fully saturated rings. The van der Waals surface area contributed by atoms with Gasteiger partial charge in [0.2, 0.25) is 5.91 Å². The first-order valence-corrected chi connectivity index (χ1v) is 4.83. The van der Waals surface area contributed by atoms with Gasteiger partial charge in [-0.1, -0.05) is 20.8 Å². The molecule has 2 heteroatoms. The molecule has 0 aliphatic carbocycles. The predicted octanol–water partition coefficient (Wildman–Crippen LogP) is 2.58. The van der Waals surface area contributed by atoms with Crippen molar-refractivity contribution in [2.45, 2.75) is 53.0 Å². The van der Waals surface area contributed by atoms with Crippen LogP contribution in [0.5, 0.6) is 0 Å². The Hall–Kier alpha value is -0.530. The molecule has 2 nitrogen and oxygen atoms in total. The Morgan fingerprint density at radius 1 is 1.50 bits per heavy atom. The first kappa shape index (κ1) is 11.5. The van der Waals surface area contributed by atoms with Crippen LogP contribution in [0.15, 0.2) is 0 Å². The quantitative estimate of drug-likeness (QED) is 0.599. The van der Waals surface area contributed by atoms with Crippen LogP contribution in [-0.2, 0) is 4.79 Å². The molecule has 1 rings (SSSR count). The van der Waals surface area contributed by atoms with Crippen LogP contribution in [0.25, 0.3) is 0 Å². The van der Waals surface area contributed by atoms with E-state index in [-0.39, 0.29) is 18.8 Å². The molecule has 1 aliphatic rings. The Balaban J connectivity index is 0. The van der Waals surface area contributed by atoms with Crippen molar-refractivity contribution < 1.29 is 6.22 Å². The van der Waals surface area contributed by atoms with Crippen molar-refractivity contribution in [3.63, 3.8) is 0 Å². The van der Waals surface area contributed by atoms with Crippen molar-refractivity contribution in [2.75, 3.05) is 0 Å². The molecule has 1 atom stereocenters. The monoisotopic (exact) mass is 173 g/mol. The predicted molar refractivity (Wildman–Crippen MR) is 54.1 cm³/mol. The minimum Gasteiger partial charge on any atom is -0.351 e. The molecule has 1 aliphatic heterocycles. The third-order valence-electron chi connectivity index (χ3n) is 2.11. The fourth-order valence-electron chi connectivity index (χ4n) is 1.23. The highest BCUT2D eigenvalue weighted by molar-refractivity contribution is 5.79. The Morgan fingerprint density at radius 3 is 2.33 bits per heavy atom. The van der Waals surface area contributed by atoms with Crippen LogP contribution < -0.4 is 5.32 Å². The largest absolute Gasteiger partial charge is 0.351 e. The molecule has 1 unspecified atom stereocenters. The summed E-state index contributed by atoms with van der Waals surface area (Å²) in [5, 5.41) is 2.97. The van der Waals surface area contributed by atoms with Crippen LogP contribution in [0, 0.1) is 5.92 Å². The highest BCUT2D eigenvalue weighted by Gasteiger charge is 2.29. The average molecular weight is 173 g/mol. The maximum atomic E-state index is 11.1. The number of carbonyl (C=O) groups excluding carboxylic acids is 1. The summed E-state index contributed by atoms with van der Waals surface area (Å²) in [7, 11) is 0.